The van der Waals surface area contributed by atoms with E-state index < -0.39 is 0 Å². The predicted molar refractivity (Wildman–Crippen MR) is 49.1 cm³/mol. The van der Waals surface area contributed by atoms with Crippen molar-refractivity contribution < 1.29 is 4.79 Å². The number of rotatable bonds is 3. The summed E-state index contributed by atoms with van der Waals surface area (Å²) in [5, 5.41) is 0. The second kappa shape index (κ2) is 3.78. The van der Waals surface area contributed by atoms with Crippen LogP contribution in [0.15, 0.2) is 0 Å². The maximum Gasteiger partial charge on any atom is 0.319 e. The van der Waals surface area contributed by atoms with Crippen molar-refractivity contribution in [3.8, 4) is 0 Å². The van der Waals surface area contributed by atoms with Crippen LogP contribution in [0.5, 0.6) is 0 Å². The Bertz CT molecular complexity index is 158. The summed E-state index contributed by atoms with van der Waals surface area (Å²) in [7, 11) is 1.90. The zero-order valence-corrected chi connectivity index (χ0v) is 8.21. The summed E-state index contributed by atoms with van der Waals surface area (Å²) in [6, 6.07) is 0.709. The molecule has 2 amide bonds. The fourth-order valence-electron chi connectivity index (χ4n) is 1.34. The quantitative estimate of drug-likeness (QED) is 0.630. The third-order valence-electron chi connectivity index (χ3n) is 2.43. The van der Waals surface area contributed by atoms with Crippen molar-refractivity contribution in [2.45, 2.75) is 32.7 Å². The average molecular weight is 170 g/mol. The SMILES string of the molecule is CCN(CC)C(=O)N(C)C1CC1. The topological polar surface area (TPSA) is 23.6 Å². The zero-order chi connectivity index (χ0) is 9.14. The Labute approximate surface area is 74.3 Å². The van der Waals surface area contributed by atoms with Crippen molar-refractivity contribution in [1.82, 2.24) is 9.80 Å². The monoisotopic (exact) mass is 170 g/mol. The number of carbonyl (C=O) groups is 1. The zero-order valence-electron chi connectivity index (χ0n) is 8.21. The summed E-state index contributed by atoms with van der Waals surface area (Å²) < 4.78 is 0. The number of carbonyl (C=O) groups excluding carboxylic acids is 1. The molecule has 0 aromatic heterocycles. The molecule has 1 aliphatic rings. The second-order valence-corrected chi connectivity index (χ2v) is 3.30. The van der Waals surface area contributed by atoms with Crippen molar-refractivity contribution in [2.75, 3.05) is 20.1 Å². The average Bonchev–Trinajstić information content (AvgIpc) is 2.87. The molecular formula is C9H18N2O. The molecule has 1 saturated carbocycles. The van der Waals surface area contributed by atoms with E-state index in [1.54, 1.807) is 0 Å². The van der Waals surface area contributed by atoms with Crippen LogP contribution in [0.4, 0.5) is 4.79 Å². The highest BCUT2D eigenvalue weighted by atomic mass is 16.2. The van der Waals surface area contributed by atoms with Crippen molar-refractivity contribution in [3.63, 3.8) is 0 Å². The lowest BCUT2D eigenvalue weighted by Gasteiger charge is -2.25. The standard InChI is InChI=1S/C9H18N2O/c1-4-11(5-2)9(12)10(3)8-6-7-8/h8H,4-7H2,1-3H3. The van der Waals surface area contributed by atoms with E-state index in [0.29, 0.717) is 6.04 Å². The third kappa shape index (κ3) is 1.90. The van der Waals surface area contributed by atoms with E-state index in [9.17, 15) is 4.79 Å². The summed E-state index contributed by atoms with van der Waals surface area (Å²) in [6.07, 6.45) is 2.37. The minimum atomic E-state index is 0.183. The Morgan fingerprint density at radius 2 is 1.83 bits per heavy atom. The number of hydrogen-bond donors (Lipinski definition) is 0. The van der Waals surface area contributed by atoms with Crippen molar-refractivity contribution in [1.29, 1.82) is 0 Å². The molecule has 0 N–H and O–H groups in total. The molecule has 0 heterocycles. The van der Waals surface area contributed by atoms with Gasteiger partial charge >= 0.3 is 6.03 Å². The van der Waals surface area contributed by atoms with Crippen LogP contribution in [0, 0.1) is 0 Å². The summed E-state index contributed by atoms with van der Waals surface area (Å²) in [5.74, 6) is 0. The van der Waals surface area contributed by atoms with Crippen LogP contribution in [-0.4, -0.2) is 42.0 Å². The molecule has 70 valence electrons. The first-order chi connectivity index (χ1) is 5.70. The number of amides is 2. The van der Waals surface area contributed by atoms with Gasteiger partial charge in [-0.3, -0.25) is 0 Å². The summed E-state index contributed by atoms with van der Waals surface area (Å²) >= 11 is 0. The largest absolute Gasteiger partial charge is 0.325 e. The molecule has 0 unspecified atom stereocenters. The van der Waals surface area contributed by atoms with E-state index in [4.69, 9.17) is 0 Å². The molecule has 0 aromatic carbocycles. The first kappa shape index (κ1) is 9.36. The molecule has 0 aliphatic heterocycles. The van der Waals surface area contributed by atoms with Crippen LogP contribution in [0.3, 0.4) is 0 Å². The van der Waals surface area contributed by atoms with Gasteiger partial charge in [0.1, 0.15) is 0 Å². The van der Waals surface area contributed by atoms with E-state index in [1.807, 2.05) is 30.7 Å². The smallest absolute Gasteiger partial charge is 0.319 e. The Morgan fingerprint density at radius 1 is 1.33 bits per heavy atom. The van der Waals surface area contributed by atoms with Gasteiger partial charge < -0.3 is 9.80 Å². The third-order valence-corrected chi connectivity index (χ3v) is 2.43. The molecule has 0 saturated heterocycles. The highest BCUT2D eigenvalue weighted by Gasteiger charge is 2.31. The van der Waals surface area contributed by atoms with Crippen molar-refractivity contribution in [2.24, 2.45) is 0 Å². The summed E-state index contributed by atoms with van der Waals surface area (Å²) in [6.45, 7) is 5.66. The van der Waals surface area contributed by atoms with Gasteiger partial charge in [0.15, 0.2) is 0 Å². The van der Waals surface area contributed by atoms with Gasteiger partial charge in [-0.25, -0.2) is 4.79 Å². The Balaban J connectivity index is 2.42. The van der Waals surface area contributed by atoms with Crippen molar-refractivity contribution >= 4 is 6.03 Å². The van der Waals surface area contributed by atoms with E-state index in [0.717, 1.165) is 13.1 Å². The van der Waals surface area contributed by atoms with Gasteiger partial charge in [-0.2, -0.15) is 0 Å². The van der Waals surface area contributed by atoms with Crippen molar-refractivity contribution in [3.05, 3.63) is 0 Å². The van der Waals surface area contributed by atoms with Gasteiger partial charge in [-0.15, -0.1) is 0 Å². The first-order valence-corrected chi connectivity index (χ1v) is 4.72. The number of urea groups is 1. The van der Waals surface area contributed by atoms with Crippen LogP contribution in [0.2, 0.25) is 0 Å². The maximum absolute atomic E-state index is 11.6. The minimum absolute atomic E-state index is 0.183. The highest BCUT2D eigenvalue weighted by Crippen LogP contribution is 2.25. The molecule has 1 rings (SSSR count). The van der Waals surface area contributed by atoms with Gasteiger partial charge in [0.25, 0.3) is 0 Å². The predicted octanol–water partition coefficient (Wildman–Crippen LogP) is 1.54. The fourth-order valence-corrected chi connectivity index (χ4v) is 1.34. The Hall–Kier alpha value is -0.730. The lowest BCUT2D eigenvalue weighted by Crippen LogP contribution is -2.41. The number of nitrogens with zero attached hydrogens (tertiary/aromatic N) is 2. The van der Waals surface area contributed by atoms with Crippen LogP contribution in [0.1, 0.15) is 26.7 Å². The summed E-state index contributed by atoms with van der Waals surface area (Å²) in [5.41, 5.74) is 0. The van der Waals surface area contributed by atoms with E-state index in [-0.39, 0.29) is 6.03 Å². The molecule has 0 radical (unpaired) electrons. The van der Waals surface area contributed by atoms with Crippen LogP contribution >= 0.6 is 0 Å². The number of hydrogen-bond acceptors (Lipinski definition) is 1. The first-order valence-electron chi connectivity index (χ1n) is 4.72. The molecule has 12 heavy (non-hydrogen) atoms. The molecule has 1 aliphatic carbocycles. The van der Waals surface area contributed by atoms with Crippen LogP contribution in [-0.2, 0) is 0 Å². The minimum Gasteiger partial charge on any atom is -0.325 e. The van der Waals surface area contributed by atoms with E-state index >= 15 is 0 Å². The van der Waals surface area contributed by atoms with Gasteiger partial charge in [-0.05, 0) is 26.7 Å². The Morgan fingerprint density at radius 3 is 2.17 bits per heavy atom. The fraction of sp³-hybridized carbons (Fsp3) is 0.889. The van der Waals surface area contributed by atoms with Gasteiger partial charge in [0.05, 0.1) is 0 Å². The van der Waals surface area contributed by atoms with Crippen LogP contribution < -0.4 is 0 Å². The van der Waals surface area contributed by atoms with Gasteiger partial charge in [-0.1, -0.05) is 0 Å². The highest BCUT2D eigenvalue weighted by molar-refractivity contribution is 5.74. The molecule has 0 bridgehead atoms. The molecule has 1 fully saturated rings. The molecule has 0 atom stereocenters. The maximum atomic E-state index is 11.6. The molecule has 0 aromatic rings. The van der Waals surface area contributed by atoms with Crippen LogP contribution in [0.25, 0.3) is 0 Å². The molecular weight excluding hydrogens is 152 g/mol. The second-order valence-electron chi connectivity index (χ2n) is 3.30. The van der Waals surface area contributed by atoms with Gasteiger partial charge in [0.2, 0.25) is 0 Å². The molecule has 0 spiro atoms. The van der Waals surface area contributed by atoms with E-state index in [2.05, 4.69) is 0 Å². The lowest BCUT2D eigenvalue weighted by atomic mass is 10.5. The molecule has 3 heteroatoms. The van der Waals surface area contributed by atoms with Gasteiger partial charge in [0, 0.05) is 26.2 Å². The molecule has 3 nitrogen and oxygen atoms in total. The van der Waals surface area contributed by atoms with E-state index in [1.165, 1.54) is 12.8 Å². The Kier molecular flexibility index (Phi) is 2.95. The summed E-state index contributed by atoms with van der Waals surface area (Å²) in [4.78, 5) is 15.4. The normalized spacial score (nSPS) is 15.9. The lowest BCUT2D eigenvalue weighted by molar-refractivity contribution is 0.165.